The van der Waals surface area contributed by atoms with Crippen LogP contribution in [0.3, 0.4) is 0 Å². The lowest BCUT2D eigenvalue weighted by Gasteiger charge is -2.37. The van der Waals surface area contributed by atoms with Crippen molar-refractivity contribution >= 4 is 5.91 Å². The van der Waals surface area contributed by atoms with E-state index in [1.54, 1.807) is 0 Å². The van der Waals surface area contributed by atoms with E-state index in [1.807, 2.05) is 4.90 Å². The first-order valence-electron chi connectivity index (χ1n) is 6.63. The van der Waals surface area contributed by atoms with Crippen molar-refractivity contribution in [2.75, 3.05) is 26.2 Å². The number of likely N-dealkylation sites (tertiary alicyclic amines) is 1. The van der Waals surface area contributed by atoms with E-state index in [1.165, 1.54) is 0 Å². The Kier molecular flexibility index (Phi) is 4.95. The van der Waals surface area contributed by atoms with Gasteiger partial charge in [0.1, 0.15) is 0 Å². The number of nitrogens with two attached hydrogens (primary N) is 1. The van der Waals surface area contributed by atoms with Gasteiger partial charge in [-0.25, -0.2) is 0 Å². The Labute approximate surface area is 105 Å². The highest BCUT2D eigenvalue weighted by atomic mass is 16.2. The summed E-state index contributed by atoms with van der Waals surface area (Å²) in [6.45, 7) is 11.6. The van der Waals surface area contributed by atoms with Crippen LogP contribution in [0.1, 0.15) is 40.5 Å². The fourth-order valence-corrected chi connectivity index (χ4v) is 2.24. The Morgan fingerprint density at radius 2 is 1.88 bits per heavy atom. The summed E-state index contributed by atoms with van der Waals surface area (Å²) in [6.07, 6.45) is 1.88. The highest BCUT2D eigenvalue weighted by molar-refractivity contribution is 5.78. The molecule has 0 spiro atoms. The Bertz CT molecular complexity index is 252. The molecule has 1 heterocycles. The maximum Gasteiger partial charge on any atom is 0.236 e. The molecule has 0 unspecified atom stereocenters. The normalized spacial score (nSPS) is 18.8. The molecule has 1 aliphatic rings. The molecule has 1 rings (SSSR count). The van der Waals surface area contributed by atoms with E-state index < -0.39 is 0 Å². The van der Waals surface area contributed by atoms with Gasteiger partial charge in [-0.1, -0.05) is 6.92 Å². The molecule has 4 nitrogen and oxygen atoms in total. The lowest BCUT2D eigenvalue weighted by molar-refractivity contribution is -0.134. The largest absolute Gasteiger partial charge is 0.341 e. The van der Waals surface area contributed by atoms with E-state index >= 15 is 0 Å². The Balaban J connectivity index is 2.48. The summed E-state index contributed by atoms with van der Waals surface area (Å²) in [4.78, 5) is 16.3. The van der Waals surface area contributed by atoms with Gasteiger partial charge in [-0.05, 0) is 40.2 Å². The van der Waals surface area contributed by atoms with Gasteiger partial charge in [-0.15, -0.1) is 0 Å². The average molecular weight is 241 g/mol. The number of amides is 1. The molecule has 0 atom stereocenters. The minimum absolute atomic E-state index is 0.0522. The minimum Gasteiger partial charge on any atom is -0.341 e. The van der Waals surface area contributed by atoms with E-state index in [0.717, 1.165) is 32.5 Å². The van der Waals surface area contributed by atoms with Gasteiger partial charge in [-0.2, -0.15) is 0 Å². The van der Waals surface area contributed by atoms with Crippen LogP contribution in [0.5, 0.6) is 0 Å². The summed E-state index contributed by atoms with van der Waals surface area (Å²) in [7, 11) is 0. The van der Waals surface area contributed by atoms with E-state index in [-0.39, 0.29) is 17.5 Å². The number of hydrogen-bond acceptors (Lipinski definition) is 3. The predicted octanol–water partition coefficient (Wildman–Crippen LogP) is 1.06. The fraction of sp³-hybridized carbons (Fsp3) is 0.923. The van der Waals surface area contributed by atoms with Crippen molar-refractivity contribution in [1.29, 1.82) is 0 Å². The molecule has 0 aromatic rings. The van der Waals surface area contributed by atoms with Crippen LogP contribution in [0, 0.1) is 0 Å². The molecule has 4 heteroatoms. The maximum absolute atomic E-state index is 12.2. The van der Waals surface area contributed by atoms with Crippen LogP contribution >= 0.6 is 0 Å². The van der Waals surface area contributed by atoms with Crippen LogP contribution in [-0.2, 0) is 4.79 Å². The first-order chi connectivity index (χ1) is 7.84. The van der Waals surface area contributed by atoms with E-state index in [4.69, 9.17) is 5.73 Å². The summed E-state index contributed by atoms with van der Waals surface area (Å²) < 4.78 is 0. The summed E-state index contributed by atoms with van der Waals surface area (Å²) in [5.41, 5.74) is 5.90. The maximum atomic E-state index is 12.2. The third-order valence-corrected chi connectivity index (χ3v) is 3.55. The molecule has 0 saturated carbocycles. The number of hydrogen-bond donors (Lipinski definition) is 1. The summed E-state index contributed by atoms with van der Waals surface area (Å²) in [6, 6.07) is 0.281. The first-order valence-corrected chi connectivity index (χ1v) is 6.63. The van der Waals surface area contributed by atoms with Crippen molar-refractivity contribution in [1.82, 2.24) is 9.80 Å². The molecule has 0 radical (unpaired) electrons. The van der Waals surface area contributed by atoms with Crippen molar-refractivity contribution in [2.45, 2.75) is 52.1 Å². The van der Waals surface area contributed by atoms with E-state index in [2.05, 4.69) is 32.6 Å². The Morgan fingerprint density at radius 3 is 2.29 bits per heavy atom. The number of nitrogens with zero attached hydrogens (tertiary/aromatic N) is 2. The van der Waals surface area contributed by atoms with Crippen LogP contribution < -0.4 is 5.73 Å². The van der Waals surface area contributed by atoms with Crippen molar-refractivity contribution in [3.63, 3.8) is 0 Å². The van der Waals surface area contributed by atoms with Crippen molar-refractivity contribution < 1.29 is 4.79 Å². The molecule has 1 aliphatic heterocycles. The molecular weight excluding hydrogens is 214 g/mol. The number of likely N-dealkylation sites (N-methyl/N-ethyl adjacent to an activating group) is 1. The van der Waals surface area contributed by atoms with Crippen LogP contribution in [0.4, 0.5) is 0 Å². The third-order valence-electron chi connectivity index (χ3n) is 3.55. The molecule has 1 saturated heterocycles. The standard InChI is InChI=1S/C13H27N3O/c1-5-16(13(2,3)4)10-12(17)15-8-6-11(14)7-9-15/h11H,5-10,14H2,1-4H3. The first kappa shape index (κ1) is 14.5. The molecule has 0 bridgehead atoms. The van der Waals surface area contributed by atoms with Gasteiger partial charge in [0.15, 0.2) is 0 Å². The van der Waals surface area contributed by atoms with Crippen molar-refractivity contribution in [2.24, 2.45) is 5.73 Å². The Morgan fingerprint density at radius 1 is 1.35 bits per heavy atom. The fourth-order valence-electron chi connectivity index (χ4n) is 2.24. The van der Waals surface area contributed by atoms with Crippen molar-refractivity contribution in [3.8, 4) is 0 Å². The molecular formula is C13H27N3O. The molecule has 1 amide bonds. The number of rotatable bonds is 3. The lowest BCUT2D eigenvalue weighted by Crippen LogP contribution is -2.50. The number of piperidine rings is 1. The highest BCUT2D eigenvalue weighted by Gasteiger charge is 2.26. The molecule has 2 N–H and O–H groups in total. The lowest BCUT2D eigenvalue weighted by atomic mass is 10.0. The molecule has 0 aromatic carbocycles. The van der Waals surface area contributed by atoms with Gasteiger partial charge < -0.3 is 10.6 Å². The zero-order valence-electron chi connectivity index (χ0n) is 11.7. The molecule has 0 aromatic heterocycles. The topological polar surface area (TPSA) is 49.6 Å². The zero-order chi connectivity index (χ0) is 13.1. The van der Waals surface area contributed by atoms with E-state index in [9.17, 15) is 4.79 Å². The van der Waals surface area contributed by atoms with Crippen LogP contribution in [0.2, 0.25) is 0 Å². The number of carbonyl (C=O) groups is 1. The molecule has 100 valence electrons. The van der Waals surface area contributed by atoms with Crippen LogP contribution in [0.15, 0.2) is 0 Å². The summed E-state index contributed by atoms with van der Waals surface area (Å²) in [5.74, 6) is 0.244. The monoisotopic (exact) mass is 241 g/mol. The molecule has 1 fully saturated rings. The minimum atomic E-state index is 0.0522. The SMILES string of the molecule is CCN(CC(=O)N1CCC(N)CC1)C(C)(C)C. The van der Waals surface area contributed by atoms with Crippen molar-refractivity contribution in [3.05, 3.63) is 0 Å². The summed E-state index contributed by atoms with van der Waals surface area (Å²) in [5, 5.41) is 0. The highest BCUT2D eigenvalue weighted by Crippen LogP contribution is 2.14. The zero-order valence-corrected chi connectivity index (χ0v) is 11.7. The second-order valence-corrected chi connectivity index (χ2v) is 5.90. The second kappa shape index (κ2) is 5.83. The van der Waals surface area contributed by atoms with Gasteiger partial charge in [0.05, 0.1) is 6.54 Å². The Hall–Kier alpha value is -0.610. The van der Waals surface area contributed by atoms with E-state index in [0.29, 0.717) is 6.54 Å². The average Bonchev–Trinajstić information content (AvgIpc) is 2.24. The predicted molar refractivity (Wildman–Crippen MR) is 70.8 cm³/mol. The van der Waals surface area contributed by atoms with Crippen LogP contribution in [-0.4, -0.2) is 53.5 Å². The summed E-state index contributed by atoms with van der Waals surface area (Å²) >= 11 is 0. The third kappa shape index (κ3) is 4.28. The second-order valence-electron chi connectivity index (χ2n) is 5.90. The quantitative estimate of drug-likeness (QED) is 0.803. The van der Waals surface area contributed by atoms with Gasteiger partial charge in [0, 0.05) is 24.7 Å². The van der Waals surface area contributed by atoms with Gasteiger partial charge in [0.25, 0.3) is 0 Å². The van der Waals surface area contributed by atoms with Gasteiger partial charge >= 0.3 is 0 Å². The smallest absolute Gasteiger partial charge is 0.236 e. The molecule has 17 heavy (non-hydrogen) atoms. The van der Waals surface area contributed by atoms with Crippen LogP contribution in [0.25, 0.3) is 0 Å². The van der Waals surface area contributed by atoms with Gasteiger partial charge in [0.2, 0.25) is 5.91 Å². The van der Waals surface area contributed by atoms with Gasteiger partial charge in [-0.3, -0.25) is 9.69 Å². The number of carbonyl (C=O) groups excluding carboxylic acids is 1. The molecule has 0 aliphatic carbocycles.